The maximum atomic E-state index is 12.6. The molecule has 0 saturated heterocycles. The Labute approximate surface area is 181 Å². The first-order valence-electron chi connectivity index (χ1n) is 9.89. The lowest BCUT2D eigenvalue weighted by Crippen LogP contribution is -2.31. The van der Waals surface area contributed by atoms with Crippen molar-refractivity contribution in [3.05, 3.63) is 70.7 Å². The number of anilines is 2. The highest BCUT2D eigenvalue weighted by Gasteiger charge is 2.19. The first kappa shape index (κ1) is 20.7. The lowest BCUT2D eigenvalue weighted by molar-refractivity contribution is -0.116. The molecule has 0 fully saturated rings. The van der Waals surface area contributed by atoms with Gasteiger partial charge in [0, 0.05) is 29.1 Å². The number of carbonyl (C=O) groups is 1. The van der Waals surface area contributed by atoms with Crippen molar-refractivity contribution in [2.75, 3.05) is 22.4 Å². The van der Waals surface area contributed by atoms with E-state index in [1.54, 1.807) is 24.3 Å². The molecule has 0 bridgehead atoms. The summed E-state index contributed by atoms with van der Waals surface area (Å²) in [5, 5.41) is 5.86. The van der Waals surface area contributed by atoms with Gasteiger partial charge >= 0.3 is 0 Å². The Morgan fingerprint density at radius 3 is 2.43 bits per heavy atom. The molecule has 0 unspecified atom stereocenters. The number of aryl methyl sites for hydroxylation is 2. The predicted molar refractivity (Wildman–Crippen MR) is 123 cm³/mol. The Bertz CT molecular complexity index is 1200. The minimum absolute atomic E-state index is 0.127. The van der Waals surface area contributed by atoms with Crippen molar-refractivity contribution in [2.24, 2.45) is 0 Å². The average molecular weight is 443 g/mol. The Balaban J connectivity index is 1.43. The summed E-state index contributed by atoms with van der Waals surface area (Å²) in [5.41, 5.74) is 3.99. The molecule has 0 atom stereocenters. The number of carbonyl (C=O) groups excluding carboxylic acids is 1. The number of nitrogens with zero attached hydrogens (tertiary/aromatic N) is 1. The summed E-state index contributed by atoms with van der Waals surface area (Å²) in [4.78, 5) is 12.6. The van der Waals surface area contributed by atoms with Gasteiger partial charge in [-0.25, -0.2) is 8.42 Å². The van der Waals surface area contributed by atoms with Gasteiger partial charge in [-0.2, -0.15) is 0 Å². The van der Waals surface area contributed by atoms with Crippen LogP contribution in [0.5, 0.6) is 0 Å². The summed E-state index contributed by atoms with van der Waals surface area (Å²) in [7, 11) is -3.46. The normalized spacial score (nSPS) is 12.9. The fourth-order valence-corrected chi connectivity index (χ4v) is 5.14. The van der Waals surface area contributed by atoms with Crippen LogP contribution in [0.25, 0.3) is 10.8 Å². The van der Waals surface area contributed by atoms with Gasteiger partial charge in [0.15, 0.2) is 0 Å². The van der Waals surface area contributed by atoms with Gasteiger partial charge in [0.05, 0.1) is 11.9 Å². The minimum Gasteiger partial charge on any atom is -0.326 e. The Morgan fingerprint density at radius 2 is 1.73 bits per heavy atom. The van der Waals surface area contributed by atoms with Crippen molar-refractivity contribution in [3.8, 4) is 0 Å². The average Bonchev–Trinajstić information content (AvgIpc) is 3.12. The third kappa shape index (κ3) is 4.30. The second kappa shape index (κ2) is 8.28. The number of rotatable bonds is 7. The molecule has 0 aliphatic heterocycles. The first-order chi connectivity index (χ1) is 14.3. The van der Waals surface area contributed by atoms with Gasteiger partial charge in [-0.15, -0.1) is 0 Å². The van der Waals surface area contributed by atoms with Crippen LogP contribution in [-0.4, -0.2) is 27.1 Å². The molecule has 0 radical (unpaired) electrons. The molecule has 1 aliphatic carbocycles. The summed E-state index contributed by atoms with van der Waals surface area (Å²) in [6.45, 7) is 0.220. The maximum absolute atomic E-state index is 12.6. The van der Waals surface area contributed by atoms with Crippen molar-refractivity contribution in [3.63, 3.8) is 0 Å². The van der Waals surface area contributed by atoms with Crippen molar-refractivity contribution in [2.45, 2.75) is 25.7 Å². The maximum Gasteiger partial charge on any atom is 0.232 e. The van der Waals surface area contributed by atoms with Crippen molar-refractivity contribution in [1.29, 1.82) is 0 Å². The molecule has 1 N–H and O–H groups in total. The fraction of sp³-hybridized carbons (Fsp3) is 0.261. The van der Waals surface area contributed by atoms with E-state index >= 15 is 0 Å². The number of halogens is 1. The van der Waals surface area contributed by atoms with Crippen LogP contribution in [-0.2, 0) is 27.7 Å². The molecule has 4 rings (SSSR count). The summed E-state index contributed by atoms with van der Waals surface area (Å²) < 4.78 is 25.7. The summed E-state index contributed by atoms with van der Waals surface area (Å²) in [5.74, 6) is -0.127. The molecule has 0 heterocycles. The lowest BCUT2D eigenvalue weighted by atomic mass is 10.0. The molecular weight excluding hydrogens is 420 g/mol. The Kier molecular flexibility index (Phi) is 5.71. The molecule has 1 aliphatic rings. The van der Waals surface area contributed by atoms with E-state index in [0.29, 0.717) is 17.1 Å². The van der Waals surface area contributed by atoms with Crippen molar-refractivity contribution >= 4 is 49.7 Å². The van der Waals surface area contributed by atoms with Crippen LogP contribution in [0.1, 0.15) is 24.0 Å². The molecule has 0 aromatic heterocycles. The zero-order chi connectivity index (χ0) is 21.3. The molecule has 5 nitrogen and oxygen atoms in total. The van der Waals surface area contributed by atoms with E-state index in [2.05, 4.69) is 17.4 Å². The van der Waals surface area contributed by atoms with Crippen LogP contribution < -0.4 is 9.62 Å². The first-order valence-corrected chi connectivity index (χ1v) is 12.1. The van der Waals surface area contributed by atoms with Crippen molar-refractivity contribution in [1.82, 2.24) is 0 Å². The SMILES string of the molecule is CS(=O)(=O)N(CCCC(=O)Nc1ccc2c3c(cccc13)CC2)c1ccc(Cl)cc1. The van der Waals surface area contributed by atoms with Gasteiger partial charge in [0.25, 0.3) is 0 Å². The van der Waals surface area contributed by atoms with Crippen LogP contribution >= 0.6 is 11.6 Å². The topological polar surface area (TPSA) is 66.5 Å². The van der Waals surface area contributed by atoms with Gasteiger partial charge < -0.3 is 5.32 Å². The Hall–Kier alpha value is -2.57. The largest absolute Gasteiger partial charge is 0.326 e. The highest BCUT2D eigenvalue weighted by atomic mass is 35.5. The van der Waals surface area contributed by atoms with Gasteiger partial charge in [-0.3, -0.25) is 9.10 Å². The number of hydrogen-bond donors (Lipinski definition) is 1. The highest BCUT2D eigenvalue weighted by molar-refractivity contribution is 7.92. The highest BCUT2D eigenvalue weighted by Crippen LogP contribution is 2.35. The fourth-order valence-electron chi connectivity index (χ4n) is 4.05. The number of nitrogens with one attached hydrogen (secondary N) is 1. The van der Waals surface area contributed by atoms with E-state index in [9.17, 15) is 13.2 Å². The minimum atomic E-state index is -3.46. The van der Waals surface area contributed by atoms with Gasteiger partial charge in [-0.1, -0.05) is 35.9 Å². The lowest BCUT2D eigenvalue weighted by Gasteiger charge is -2.22. The molecule has 3 aromatic carbocycles. The Morgan fingerprint density at radius 1 is 1.03 bits per heavy atom. The summed E-state index contributed by atoms with van der Waals surface area (Å²) in [6, 6.07) is 16.9. The molecule has 156 valence electrons. The number of amides is 1. The van der Waals surface area contributed by atoms with Crippen molar-refractivity contribution < 1.29 is 13.2 Å². The molecule has 3 aromatic rings. The van der Waals surface area contributed by atoms with E-state index in [1.807, 2.05) is 18.2 Å². The van der Waals surface area contributed by atoms with Gasteiger partial charge in [-0.05, 0) is 66.1 Å². The third-order valence-electron chi connectivity index (χ3n) is 5.43. The molecule has 7 heteroatoms. The smallest absolute Gasteiger partial charge is 0.232 e. The van der Waals surface area contributed by atoms with Crippen LogP contribution in [0, 0.1) is 0 Å². The van der Waals surface area contributed by atoms with E-state index in [1.165, 1.54) is 20.8 Å². The summed E-state index contributed by atoms with van der Waals surface area (Å²) in [6.07, 6.45) is 3.87. The quantitative estimate of drug-likeness (QED) is 0.572. The number of sulfonamides is 1. The standard InChI is InChI=1S/C23H23ClN2O3S/c1-30(28,29)26(19-12-10-18(24)11-13-19)15-3-6-22(27)25-21-14-9-17-8-7-16-4-2-5-20(21)23(16)17/h2,4-5,9-14H,3,6-8,15H2,1H3,(H,25,27). The van der Waals surface area contributed by atoms with E-state index in [-0.39, 0.29) is 18.9 Å². The molecule has 0 saturated carbocycles. The van der Waals surface area contributed by atoms with Crippen LogP contribution in [0.3, 0.4) is 0 Å². The van der Waals surface area contributed by atoms with Gasteiger partial charge in [0.1, 0.15) is 0 Å². The third-order valence-corrected chi connectivity index (χ3v) is 6.88. The van der Waals surface area contributed by atoms with Crippen LogP contribution in [0.2, 0.25) is 5.02 Å². The number of hydrogen-bond acceptors (Lipinski definition) is 3. The zero-order valence-corrected chi connectivity index (χ0v) is 18.3. The summed E-state index contributed by atoms with van der Waals surface area (Å²) >= 11 is 5.90. The van der Waals surface area contributed by atoms with Crippen LogP contribution in [0.15, 0.2) is 54.6 Å². The second-order valence-electron chi connectivity index (χ2n) is 7.58. The molecule has 30 heavy (non-hydrogen) atoms. The van der Waals surface area contributed by atoms with Crippen LogP contribution in [0.4, 0.5) is 11.4 Å². The van der Waals surface area contributed by atoms with E-state index in [0.717, 1.165) is 30.2 Å². The van der Waals surface area contributed by atoms with E-state index < -0.39 is 10.0 Å². The molecule has 1 amide bonds. The zero-order valence-electron chi connectivity index (χ0n) is 16.7. The monoisotopic (exact) mass is 442 g/mol. The molecule has 0 spiro atoms. The molecular formula is C23H23ClN2O3S. The second-order valence-corrected chi connectivity index (χ2v) is 9.92. The number of benzene rings is 3. The predicted octanol–water partition coefficient (Wildman–Crippen LogP) is 4.78. The van der Waals surface area contributed by atoms with Gasteiger partial charge in [0.2, 0.25) is 15.9 Å². The van der Waals surface area contributed by atoms with E-state index in [4.69, 9.17) is 11.6 Å².